The lowest BCUT2D eigenvalue weighted by atomic mass is 10.2. The minimum absolute atomic E-state index is 0.265. The van der Waals surface area contributed by atoms with E-state index in [1.807, 2.05) is 9.80 Å². The van der Waals surface area contributed by atoms with E-state index < -0.39 is 11.7 Å². The molecule has 0 spiro atoms. The fourth-order valence-electron chi connectivity index (χ4n) is 3.38. The van der Waals surface area contributed by atoms with Gasteiger partial charge in [-0.25, -0.2) is 9.97 Å². The number of aromatic amines is 1. The highest BCUT2D eigenvalue weighted by atomic mass is 35.5. The highest BCUT2D eigenvalue weighted by Gasteiger charge is 2.31. The summed E-state index contributed by atoms with van der Waals surface area (Å²) in [6.45, 7) is 2.36. The molecule has 3 aromatic rings. The van der Waals surface area contributed by atoms with Crippen LogP contribution in [0.25, 0.3) is 11.0 Å². The molecule has 1 aromatic carbocycles. The molecular weight excluding hydrogens is 421 g/mol. The molecule has 1 aliphatic rings. The van der Waals surface area contributed by atoms with Crippen molar-refractivity contribution in [2.24, 2.45) is 0 Å². The Hall–Kier alpha value is -3.01. The SMILES string of the molecule is CNC(=O)c1cnc(N2CCN(c3nc4ccc(C(F)(F)F)cc4[nH]3)CC2)c(Cl)c1. The quantitative estimate of drug-likeness (QED) is 0.656. The summed E-state index contributed by atoms with van der Waals surface area (Å²) in [7, 11) is 1.53. The molecule has 7 nitrogen and oxygen atoms in total. The number of rotatable bonds is 3. The Kier molecular flexibility index (Phi) is 5.19. The van der Waals surface area contributed by atoms with Gasteiger partial charge in [0.2, 0.25) is 5.95 Å². The molecule has 11 heteroatoms. The maximum absolute atomic E-state index is 12.9. The number of alkyl halides is 3. The first-order valence-corrected chi connectivity index (χ1v) is 9.58. The predicted molar refractivity (Wildman–Crippen MR) is 108 cm³/mol. The third-order valence-electron chi connectivity index (χ3n) is 4.99. The number of piperazine rings is 1. The summed E-state index contributed by atoms with van der Waals surface area (Å²) in [6.07, 6.45) is -2.92. The monoisotopic (exact) mass is 438 g/mol. The average molecular weight is 439 g/mol. The highest BCUT2D eigenvalue weighted by Crippen LogP contribution is 2.32. The van der Waals surface area contributed by atoms with Gasteiger partial charge in [-0.15, -0.1) is 0 Å². The summed E-state index contributed by atoms with van der Waals surface area (Å²) in [6, 6.07) is 5.04. The van der Waals surface area contributed by atoms with Gasteiger partial charge in [-0.3, -0.25) is 4.79 Å². The Morgan fingerprint density at radius 1 is 1.17 bits per heavy atom. The summed E-state index contributed by atoms with van der Waals surface area (Å²) in [4.78, 5) is 27.4. The van der Waals surface area contributed by atoms with Gasteiger partial charge in [-0.1, -0.05) is 11.6 Å². The van der Waals surface area contributed by atoms with Crippen molar-refractivity contribution < 1.29 is 18.0 Å². The minimum atomic E-state index is -4.40. The van der Waals surface area contributed by atoms with Gasteiger partial charge in [0, 0.05) is 39.4 Å². The molecule has 3 heterocycles. The number of imidazole rings is 1. The molecule has 0 aliphatic carbocycles. The summed E-state index contributed by atoms with van der Waals surface area (Å²) < 4.78 is 38.7. The molecule has 0 saturated carbocycles. The Morgan fingerprint density at radius 3 is 2.50 bits per heavy atom. The van der Waals surface area contributed by atoms with Gasteiger partial charge in [0.25, 0.3) is 5.91 Å². The number of amides is 1. The molecular formula is C19H18ClF3N6O. The van der Waals surface area contributed by atoms with E-state index in [1.165, 1.54) is 19.3 Å². The van der Waals surface area contributed by atoms with Crippen molar-refractivity contribution in [2.45, 2.75) is 6.18 Å². The first-order chi connectivity index (χ1) is 14.3. The molecule has 2 aromatic heterocycles. The van der Waals surface area contributed by atoms with Crippen LogP contribution in [0.4, 0.5) is 24.9 Å². The Balaban J connectivity index is 1.47. The molecule has 1 saturated heterocycles. The first kappa shape index (κ1) is 20.3. The molecule has 0 bridgehead atoms. The van der Waals surface area contributed by atoms with Crippen LogP contribution in [0.3, 0.4) is 0 Å². The standard InChI is InChI=1S/C19H18ClF3N6O/c1-24-17(30)11-8-13(20)16(25-10-11)28-4-6-29(7-5-28)18-26-14-3-2-12(19(21,22)23)9-15(14)27-18/h2-3,8-10H,4-7H2,1H3,(H,24,30)(H,26,27). The van der Waals surface area contributed by atoms with E-state index in [-0.39, 0.29) is 5.91 Å². The number of aromatic nitrogens is 3. The van der Waals surface area contributed by atoms with Crippen LogP contribution in [0, 0.1) is 0 Å². The molecule has 2 N–H and O–H groups in total. The third kappa shape index (κ3) is 3.87. The molecule has 0 unspecified atom stereocenters. The molecule has 30 heavy (non-hydrogen) atoms. The van der Waals surface area contributed by atoms with Gasteiger partial charge in [0.15, 0.2) is 0 Å². The van der Waals surface area contributed by atoms with Crippen molar-refractivity contribution in [3.05, 3.63) is 46.6 Å². The Morgan fingerprint density at radius 2 is 1.87 bits per heavy atom. The highest BCUT2D eigenvalue weighted by molar-refractivity contribution is 6.33. The van der Waals surface area contributed by atoms with Gasteiger partial charge in [0.05, 0.1) is 27.2 Å². The zero-order valence-corrected chi connectivity index (χ0v) is 16.7. The second-order valence-electron chi connectivity index (χ2n) is 6.87. The van der Waals surface area contributed by atoms with Crippen LogP contribution in [-0.4, -0.2) is 54.1 Å². The molecule has 1 aliphatic heterocycles. The summed E-state index contributed by atoms with van der Waals surface area (Å²) in [5.41, 5.74) is 0.494. The Labute approximate surface area is 174 Å². The largest absolute Gasteiger partial charge is 0.416 e. The molecule has 1 amide bonds. The van der Waals surface area contributed by atoms with Crippen LogP contribution < -0.4 is 15.1 Å². The van der Waals surface area contributed by atoms with E-state index in [0.717, 1.165) is 12.1 Å². The van der Waals surface area contributed by atoms with E-state index in [4.69, 9.17) is 11.6 Å². The lowest BCUT2D eigenvalue weighted by molar-refractivity contribution is -0.137. The number of carbonyl (C=O) groups excluding carboxylic acids is 1. The second kappa shape index (κ2) is 7.67. The van der Waals surface area contributed by atoms with Crippen molar-refractivity contribution in [1.29, 1.82) is 0 Å². The zero-order valence-electron chi connectivity index (χ0n) is 15.9. The summed E-state index contributed by atoms with van der Waals surface area (Å²) in [5, 5.41) is 2.91. The number of hydrogen-bond acceptors (Lipinski definition) is 5. The van der Waals surface area contributed by atoms with Crippen molar-refractivity contribution >= 4 is 40.3 Å². The number of hydrogen-bond donors (Lipinski definition) is 2. The second-order valence-corrected chi connectivity index (χ2v) is 7.28. The molecule has 0 radical (unpaired) electrons. The number of halogens is 4. The van der Waals surface area contributed by atoms with Gasteiger partial charge < -0.3 is 20.1 Å². The normalized spacial score (nSPS) is 15.0. The lowest BCUT2D eigenvalue weighted by Crippen LogP contribution is -2.47. The average Bonchev–Trinajstić information content (AvgIpc) is 3.16. The molecule has 4 rings (SSSR count). The number of nitrogens with zero attached hydrogens (tertiary/aromatic N) is 4. The maximum Gasteiger partial charge on any atom is 0.416 e. The van der Waals surface area contributed by atoms with Crippen LogP contribution in [0.5, 0.6) is 0 Å². The summed E-state index contributed by atoms with van der Waals surface area (Å²) in [5.74, 6) is 0.848. The first-order valence-electron chi connectivity index (χ1n) is 9.21. The van der Waals surface area contributed by atoms with E-state index in [9.17, 15) is 18.0 Å². The van der Waals surface area contributed by atoms with Crippen molar-refractivity contribution in [1.82, 2.24) is 20.3 Å². The number of nitrogens with one attached hydrogen (secondary N) is 2. The minimum Gasteiger partial charge on any atom is -0.355 e. The van der Waals surface area contributed by atoms with Crippen molar-refractivity contribution in [3.8, 4) is 0 Å². The maximum atomic E-state index is 12.9. The number of H-pyrrole nitrogens is 1. The van der Waals surface area contributed by atoms with Gasteiger partial charge in [0.1, 0.15) is 5.82 Å². The van der Waals surface area contributed by atoms with Crippen LogP contribution in [-0.2, 0) is 6.18 Å². The summed E-state index contributed by atoms with van der Waals surface area (Å²) >= 11 is 6.31. The number of carbonyl (C=O) groups is 1. The molecule has 1 fully saturated rings. The zero-order chi connectivity index (χ0) is 21.5. The topological polar surface area (TPSA) is 77.2 Å². The van der Waals surface area contributed by atoms with E-state index in [2.05, 4.69) is 20.3 Å². The fourth-order valence-corrected chi connectivity index (χ4v) is 3.67. The number of fused-ring (bicyclic) bond motifs is 1. The predicted octanol–water partition coefficient (Wildman–Crippen LogP) is 3.32. The fraction of sp³-hybridized carbons (Fsp3) is 0.316. The van der Waals surface area contributed by atoms with Crippen LogP contribution in [0.1, 0.15) is 15.9 Å². The van der Waals surface area contributed by atoms with E-state index >= 15 is 0 Å². The number of benzene rings is 1. The van der Waals surface area contributed by atoms with Gasteiger partial charge >= 0.3 is 6.18 Å². The molecule has 0 atom stereocenters. The number of anilines is 2. The van der Waals surface area contributed by atoms with Gasteiger partial charge in [-0.2, -0.15) is 13.2 Å². The van der Waals surface area contributed by atoms with Crippen LogP contribution in [0.2, 0.25) is 5.02 Å². The molecule has 158 valence electrons. The van der Waals surface area contributed by atoms with Gasteiger partial charge in [-0.05, 0) is 24.3 Å². The number of pyridine rings is 1. The lowest BCUT2D eigenvalue weighted by Gasteiger charge is -2.35. The van der Waals surface area contributed by atoms with E-state index in [0.29, 0.717) is 59.6 Å². The smallest absolute Gasteiger partial charge is 0.355 e. The van der Waals surface area contributed by atoms with E-state index in [1.54, 1.807) is 6.07 Å². The Bertz CT molecular complexity index is 1090. The van der Waals surface area contributed by atoms with Crippen molar-refractivity contribution in [3.63, 3.8) is 0 Å². The third-order valence-corrected chi connectivity index (χ3v) is 5.26. The van der Waals surface area contributed by atoms with Crippen LogP contribution >= 0.6 is 11.6 Å². The van der Waals surface area contributed by atoms with Crippen molar-refractivity contribution in [2.75, 3.05) is 43.0 Å². The van der Waals surface area contributed by atoms with Crippen LogP contribution in [0.15, 0.2) is 30.5 Å².